The molecule has 0 spiro atoms. The lowest BCUT2D eigenvalue weighted by molar-refractivity contribution is -0.384. The number of non-ortho nitro benzene ring substituents is 1. The molecule has 102 valence electrons. The lowest BCUT2D eigenvalue weighted by atomic mass is 9.94. The van der Waals surface area contributed by atoms with Crippen LogP contribution in [0.2, 0.25) is 0 Å². The Morgan fingerprint density at radius 1 is 1.32 bits per heavy atom. The minimum atomic E-state index is -0.419. The summed E-state index contributed by atoms with van der Waals surface area (Å²) in [6.45, 7) is 2.14. The van der Waals surface area contributed by atoms with Gasteiger partial charge in [0.2, 0.25) is 5.91 Å². The Bertz CT molecular complexity index is 499. The van der Waals surface area contributed by atoms with Crippen LogP contribution in [-0.4, -0.2) is 10.8 Å². The molecule has 0 aromatic heterocycles. The van der Waals surface area contributed by atoms with Crippen LogP contribution in [0.25, 0.3) is 0 Å². The van der Waals surface area contributed by atoms with Gasteiger partial charge in [0.05, 0.1) is 10.8 Å². The van der Waals surface area contributed by atoms with E-state index in [0.717, 1.165) is 43.4 Å². The smallest absolute Gasteiger partial charge is 0.269 e. The monoisotopic (exact) mass is 262 g/mol. The normalized spacial score (nSPS) is 17.1. The minimum Gasteiger partial charge on any atom is -0.325 e. The first-order chi connectivity index (χ1) is 9.13. The maximum Gasteiger partial charge on any atom is 0.269 e. The molecule has 2 rings (SSSR count). The summed E-state index contributed by atoms with van der Waals surface area (Å²) in [5.41, 5.74) is 1.54. The van der Waals surface area contributed by atoms with Gasteiger partial charge in [0.15, 0.2) is 0 Å². The quantitative estimate of drug-likeness (QED) is 0.483. The highest BCUT2D eigenvalue weighted by molar-refractivity contribution is 6.03. The number of unbranched alkanes of at least 4 members (excludes halogenated alkanes) is 3. The number of nitrogens with one attached hydrogen (secondary N) is 1. The van der Waals surface area contributed by atoms with Crippen LogP contribution in [0.15, 0.2) is 18.2 Å². The molecule has 1 aromatic carbocycles. The summed E-state index contributed by atoms with van der Waals surface area (Å²) in [5.74, 6) is -0.265. The fourth-order valence-corrected chi connectivity index (χ4v) is 2.49. The first-order valence-corrected chi connectivity index (χ1v) is 6.72. The number of anilines is 1. The molecule has 0 aliphatic carbocycles. The van der Waals surface area contributed by atoms with Gasteiger partial charge in [-0.3, -0.25) is 14.9 Å². The second kappa shape index (κ2) is 5.82. The Balaban J connectivity index is 2.12. The van der Waals surface area contributed by atoms with Gasteiger partial charge in [-0.15, -0.1) is 0 Å². The molecule has 5 heteroatoms. The predicted octanol–water partition coefficient (Wildman–Crippen LogP) is 3.60. The molecule has 1 aromatic rings. The highest BCUT2D eigenvalue weighted by Gasteiger charge is 2.31. The van der Waals surface area contributed by atoms with Crippen LogP contribution in [0.5, 0.6) is 0 Å². The molecule has 1 aliphatic heterocycles. The number of hydrogen-bond acceptors (Lipinski definition) is 3. The van der Waals surface area contributed by atoms with Gasteiger partial charge in [-0.25, -0.2) is 0 Å². The van der Waals surface area contributed by atoms with E-state index in [1.165, 1.54) is 12.1 Å². The molecule has 1 amide bonds. The first-order valence-electron chi connectivity index (χ1n) is 6.72. The average molecular weight is 262 g/mol. The maximum absolute atomic E-state index is 11.9. The number of nitro groups is 1. The van der Waals surface area contributed by atoms with E-state index in [-0.39, 0.29) is 17.5 Å². The standard InChI is InChI=1S/C14H18N2O3/c1-2-3-4-5-6-11-12-9-10(16(18)19)7-8-13(12)15-14(11)17/h7-9,11H,2-6H2,1H3,(H,15,17). The number of fused-ring (bicyclic) bond motifs is 1. The van der Waals surface area contributed by atoms with E-state index in [4.69, 9.17) is 0 Å². The van der Waals surface area contributed by atoms with Crippen LogP contribution in [0.3, 0.4) is 0 Å². The SMILES string of the molecule is CCCCCCC1C(=O)Nc2ccc([N+](=O)[O-])cc21. The van der Waals surface area contributed by atoms with Crippen molar-refractivity contribution in [2.75, 3.05) is 5.32 Å². The van der Waals surface area contributed by atoms with E-state index >= 15 is 0 Å². The van der Waals surface area contributed by atoms with Crippen molar-refractivity contribution in [2.45, 2.75) is 44.9 Å². The van der Waals surface area contributed by atoms with Crippen molar-refractivity contribution in [3.05, 3.63) is 33.9 Å². The third-order valence-corrected chi connectivity index (χ3v) is 3.54. The van der Waals surface area contributed by atoms with Gasteiger partial charge in [0, 0.05) is 17.8 Å². The number of nitrogens with zero attached hydrogens (tertiary/aromatic N) is 1. The van der Waals surface area contributed by atoms with Crippen LogP contribution in [0.4, 0.5) is 11.4 Å². The number of rotatable bonds is 6. The molecule has 1 N–H and O–H groups in total. The van der Waals surface area contributed by atoms with E-state index in [9.17, 15) is 14.9 Å². The van der Waals surface area contributed by atoms with Crippen LogP contribution in [-0.2, 0) is 4.79 Å². The summed E-state index contributed by atoms with van der Waals surface area (Å²) in [5, 5.41) is 13.6. The number of carbonyl (C=O) groups is 1. The van der Waals surface area contributed by atoms with Gasteiger partial charge < -0.3 is 5.32 Å². The first kappa shape index (κ1) is 13.5. The Morgan fingerprint density at radius 3 is 2.79 bits per heavy atom. The Kier molecular flexibility index (Phi) is 4.14. The van der Waals surface area contributed by atoms with Crippen LogP contribution in [0.1, 0.15) is 50.5 Å². The number of benzene rings is 1. The predicted molar refractivity (Wildman–Crippen MR) is 73.2 cm³/mol. The van der Waals surface area contributed by atoms with Crippen molar-refractivity contribution in [2.24, 2.45) is 0 Å². The fraction of sp³-hybridized carbons (Fsp3) is 0.500. The topological polar surface area (TPSA) is 72.2 Å². The van der Waals surface area contributed by atoms with E-state index in [1.54, 1.807) is 6.07 Å². The van der Waals surface area contributed by atoms with Gasteiger partial charge in [0.1, 0.15) is 0 Å². The third kappa shape index (κ3) is 2.92. The van der Waals surface area contributed by atoms with Gasteiger partial charge >= 0.3 is 0 Å². The minimum absolute atomic E-state index is 0.0352. The largest absolute Gasteiger partial charge is 0.325 e. The van der Waals surface area contributed by atoms with Crippen molar-refractivity contribution < 1.29 is 9.72 Å². The zero-order chi connectivity index (χ0) is 13.8. The molecule has 0 fully saturated rings. The molecule has 19 heavy (non-hydrogen) atoms. The summed E-state index contributed by atoms with van der Waals surface area (Å²) in [6, 6.07) is 4.58. The zero-order valence-corrected chi connectivity index (χ0v) is 11.0. The Hall–Kier alpha value is -1.91. The lowest BCUT2D eigenvalue weighted by Gasteiger charge is -2.08. The Labute approximate surface area is 112 Å². The average Bonchev–Trinajstić information content (AvgIpc) is 2.70. The van der Waals surface area contributed by atoms with Gasteiger partial charge in [-0.1, -0.05) is 32.6 Å². The summed E-state index contributed by atoms with van der Waals surface area (Å²) in [7, 11) is 0. The summed E-state index contributed by atoms with van der Waals surface area (Å²) in [4.78, 5) is 22.3. The van der Waals surface area contributed by atoms with E-state index in [0.29, 0.717) is 0 Å². The second-order valence-corrected chi connectivity index (χ2v) is 4.92. The zero-order valence-electron chi connectivity index (χ0n) is 11.0. The number of hydrogen-bond donors (Lipinski definition) is 1. The van der Waals surface area contributed by atoms with Crippen molar-refractivity contribution in [3.63, 3.8) is 0 Å². The summed E-state index contributed by atoms with van der Waals surface area (Å²) < 4.78 is 0. The van der Waals surface area contributed by atoms with E-state index in [2.05, 4.69) is 12.2 Å². The van der Waals surface area contributed by atoms with Crippen molar-refractivity contribution >= 4 is 17.3 Å². The molecule has 0 bridgehead atoms. The van der Waals surface area contributed by atoms with Gasteiger partial charge in [-0.2, -0.15) is 0 Å². The molecule has 1 atom stereocenters. The molecular weight excluding hydrogens is 244 g/mol. The second-order valence-electron chi connectivity index (χ2n) is 4.92. The molecule has 1 aliphatic rings. The number of nitro benzene ring substituents is 1. The lowest BCUT2D eigenvalue weighted by Crippen LogP contribution is -2.11. The Morgan fingerprint density at radius 2 is 2.11 bits per heavy atom. The van der Waals surface area contributed by atoms with Gasteiger partial charge in [0.25, 0.3) is 5.69 Å². The van der Waals surface area contributed by atoms with Crippen LogP contribution in [0, 0.1) is 10.1 Å². The summed E-state index contributed by atoms with van der Waals surface area (Å²) >= 11 is 0. The molecule has 1 unspecified atom stereocenters. The molecule has 5 nitrogen and oxygen atoms in total. The van der Waals surface area contributed by atoms with Crippen LogP contribution >= 0.6 is 0 Å². The van der Waals surface area contributed by atoms with Crippen molar-refractivity contribution in [1.82, 2.24) is 0 Å². The molecule has 0 saturated carbocycles. The van der Waals surface area contributed by atoms with Crippen molar-refractivity contribution in [3.8, 4) is 0 Å². The highest BCUT2D eigenvalue weighted by atomic mass is 16.6. The van der Waals surface area contributed by atoms with E-state index < -0.39 is 4.92 Å². The highest BCUT2D eigenvalue weighted by Crippen LogP contribution is 2.37. The fourth-order valence-electron chi connectivity index (χ4n) is 2.49. The number of carbonyl (C=O) groups excluding carboxylic acids is 1. The van der Waals surface area contributed by atoms with Crippen LogP contribution < -0.4 is 5.32 Å². The van der Waals surface area contributed by atoms with Gasteiger partial charge in [-0.05, 0) is 18.1 Å². The van der Waals surface area contributed by atoms with E-state index in [1.807, 2.05) is 0 Å². The molecule has 0 radical (unpaired) electrons. The maximum atomic E-state index is 11.9. The summed E-state index contributed by atoms with van der Waals surface area (Å²) in [6.07, 6.45) is 5.16. The molecule has 0 saturated heterocycles. The third-order valence-electron chi connectivity index (χ3n) is 3.54. The molecular formula is C14H18N2O3. The molecule has 1 heterocycles. The van der Waals surface area contributed by atoms with Crippen molar-refractivity contribution in [1.29, 1.82) is 0 Å². The number of amides is 1.